The Hall–Kier alpha value is -2.90. The summed E-state index contributed by atoms with van der Waals surface area (Å²) >= 11 is 6.13. The molecule has 0 bridgehead atoms. The number of ketones is 1. The number of nitrogens with zero attached hydrogens (tertiary/aromatic N) is 1. The van der Waals surface area contributed by atoms with Crippen LogP contribution in [0.15, 0.2) is 72.8 Å². The summed E-state index contributed by atoms with van der Waals surface area (Å²) in [7, 11) is 5.18. The van der Waals surface area contributed by atoms with E-state index in [2.05, 4.69) is 0 Å². The van der Waals surface area contributed by atoms with E-state index < -0.39 is 12.2 Å². The molecule has 2 atom stereocenters. The van der Waals surface area contributed by atoms with E-state index in [1.54, 1.807) is 32.4 Å². The zero-order valence-electron chi connectivity index (χ0n) is 21.0. The van der Waals surface area contributed by atoms with Crippen LogP contribution in [0.1, 0.15) is 21.5 Å². The van der Waals surface area contributed by atoms with Crippen LogP contribution in [0.5, 0.6) is 11.5 Å². The highest BCUT2D eigenvalue weighted by Gasteiger charge is 2.23. The lowest BCUT2D eigenvalue weighted by molar-refractivity contribution is -0.0110. The van der Waals surface area contributed by atoms with Crippen LogP contribution in [0.25, 0.3) is 0 Å². The maximum atomic E-state index is 13.2. The number of carbonyl (C=O) groups is 1. The van der Waals surface area contributed by atoms with Gasteiger partial charge in [-0.3, -0.25) is 4.79 Å². The molecule has 2 unspecified atom stereocenters. The Bertz CT molecular complexity index is 1110. The van der Waals surface area contributed by atoms with E-state index in [0.717, 1.165) is 24.1 Å². The highest BCUT2D eigenvalue weighted by Crippen LogP contribution is 2.27. The summed E-state index contributed by atoms with van der Waals surface area (Å²) < 4.78 is 16.6. The summed E-state index contributed by atoms with van der Waals surface area (Å²) in [5.74, 6) is 1.27. The van der Waals surface area contributed by atoms with Gasteiger partial charge in [0.05, 0.1) is 26.9 Å². The molecule has 0 fully saturated rings. The highest BCUT2D eigenvalue weighted by atomic mass is 35.5. The van der Waals surface area contributed by atoms with Gasteiger partial charge in [-0.15, -0.1) is 0 Å². The van der Waals surface area contributed by atoms with Gasteiger partial charge in [-0.05, 0) is 48.9 Å². The van der Waals surface area contributed by atoms with E-state index >= 15 is 0 Å². The van der Waals surface area contributed by atoms with Gasteiger partial charge in [-0.25, -0.2) is 0 Å². The smallest absolute Gasteiger partial charge is 0.191 e. The van der Waals surface area contributed by atoms with Crippen molar-refractivity contribution in [2.24, 2.45) is 0 Å². The first-order chi connectivity index (χ1) is 17.4. The number of likely N-dealkylation sites (N-methyl/N-ethyl adjacent to an activating group) is 1. The van der Waals surface area contributed by atoms with Crippen molar-refractivity contribution < 1.29 is 24.1 Å². The molecule has 3 aromatic carbocycles. The monoisotopic (exact) mass is 511 g/mol. The fourth-order valence-electron chi connectivity index (χ4n) is 3.98. The van der Waals surface area contributed by atoms with Crippen LogP contribution in [0.3, 0.4) is 0 Å². The lowest BCUT2D eigenvalue weighted by Crippen LogP contribution is -2.36. The van der Waals surface area contributed by atoms with Gasteiger partial charge in [0.25, 0.3) is 0 Å². The van der Waals surface area contributed by atoms with Crippen molar-refractivity contribution >= 4 is 17.4 Å². The molecule has 0 aliphatic heterocycles. The second-order valence-electron chi connectivity index (χ2n) is 8.74. The van der Waals surface area contributed by atoms with Gasteiger partial charge in [0.2, 0.25) is 0 Å². The number of ether oxygens (including phenoxy) is 3. The molecule has 0 radical (unpaired) electrons. The molecule has 0 aliphatic carbocycles. The molecule has 36 heavy (non-hydrogen) atoms. The average Bonchev–Trinajstić information content (AvgIpc) is 2.89. The number of carbonyl (C=O) groups excluding carboxylic acids is 1. The third kappa shape index (κ3) is 8.35. The third-order valence-corrected chi connectivity index (χ3v) is 6.14. The zero-order chi connectivity index (χ0) is 25.9. The Balaban J connectivity index is 1.55. The molecular formula is C29H34ClNO5. The topological polar surface area (TPSA) is 68.2 Å². The summed E-state index contributed by atoms with van der Waals surface area (Å²) in [5.41, 5.74) is 2.59. The van der Waals surface area contributed by atoms with E-state index in [0.29, 0.717) is 35.1 Å². The first kappa shape index (κ1) is 27.7. The Morgan fingerprint density at radius 2 is 1.69 bits per heavy atom. The van der Waals surface area contributed by atoms with Gasteiger partial charge in [-0.2, -0.15) is 0 Å². The number of aliphatic hydroxyl groups excluding tert-OH is 1. The standard InChI is InChI=1S/C29H34ClNO5/c1-31(15-14-21-12-13-26(34-2)27(17-21)35-3)19-25(32)20-36-28(18-22-8-7-11-24(30)16-22)29(33)23-9-5-4-6-10-23/h4-13,16-17,25,28,32H,14-15,18-20H2,1-3H3. The molecule has 6 nitrogen and oxygen atoms in total. The van der Waals surface area contributed by atoms with Crippen molar-refractivity contribution in [3.05, 3.63) is 94.5 Å². The summed E-state index contributed by atoms with van der Waals surface area (Å²) in [5, 5.41) is 11.2. The van der Waals surface area contributed by atoms with E-state index in [-0.39, 0.29) is 12.4 Å². The molecule has 0 saturated carbocycles. The van der Waals surface area contributed by atoms with Crippen molar-refractivity contribution in [2.45, 2.75) is 25.0 Å². The first-order valence-electron chi connectivity index (χ1n) is 11.9. The van der Waals surface area contributed by atoms with Crippen LogP contribution in [0, 0.1) is 0 Å². The number of aliphatic hydroxyl groups is 1. The van der Waals surface area contributed by atoms with Crippen LogP contribution in [-0.2, 0) is 17.6 Å². The van der Waals surface area contributed by atoms with Crippen molar-refractivity contribution in [1.82, 2.24) is 4.90 Å². The quantitative estimate of drug-likeness (QED) is 0.316. The van der Waals surface area contributed by atoms with Crippen molar-refractivity contribution in [1.29, 1.82) is 0 Å². The fourth-order valence-corrected chi connectivity index (χ4v) is 4.19. The molecule has 3 rings (SSSR count). The predicted molar refractivity (Wildman–Crippen MR) is 142 cm³/mol. The molecule has 7 heteroatoms. The summed E-state index contributed by atoms with van der Waals surface area (Å²) in [6, 6.07) is 22.3. The number of halogens is 1. The summed E-state index contributed by atoms with van der Waals surface area (Å²) in [4.78, 5) is 15.2. The van der Waals surface area contributed by atoms with Crippen LogP contribution in [0.4, 0.5) is 0 Å². The number of hydrogen-bond donors (Lipinski definition) is 1. The molecule has 1 N–H and O–H groups in total. The first-order valence-corrected chi connectivity index (χ1v) is 12.3. The molecule has 0 saturated heterocycles. The van der Waals surface area contributed by atoms with Gasteiger partial charge in [0.1, 0.15) is 6.10 Å². The van der Waals surface area contributed by atoms with Crippen LogP contribution >= 0.6 is 11.6 Å². The van der Waals surface area contributed by atoms with Crippen molar-refractivity contribution in [3.8, 4) is 11.5 Å². The number of methoxy groups -OCH3 is 2. The van der Waals surface area contributed by atoms with Crippen LogP contribution in [0.2, 0.25) is 5.02 Å². The van der Waals surface area contributed by atoms with Crippen molar-refractivity contribution in [2.75, 3.05) is 41.0 Å². The van der Waals surface area contributed by atoms with Gasteiger partial charge in [0, 0.05) is 30.1 Å². The van der Waals surface area contributed by atoms with E-state index in [4.69, 9.17) is 25.8 Å². The Kier molecular flexibility index (Phi) is 10.8. The molecule has 0 heterocycles. The van der Waals surface area contributed by atoms with Crippen molar-refractivity contribution in [3.63, 3.8) is 0 Å². The SMILES string of the molecule is COc1ccc(CCN(C)CC(O)COC(Cc2cccc(Cl)c2)C(=O)c2ccccc2)cc1OC. The maximum Gasteiger partial charge on any atom is 0.191 e. The predicted octanol–water partition coefficient (Wildman–Crippen LogP) is 4.70. The molecule has 0 amide bonds. The molecule has 0 aliphatic rings. The van der Waals surface area contributed by atoms with Gasteiger partial charge in [0.15, 0.2) is 17.3 Å². The lowest BCUT2D eigenvalue weighted by atomic mass is 10.00. The minimum atomic E-state index is -0.745. The molecule has 0 spiro atoms. The molecule has 0 aromatic heterocycles. The maximum absolute atomic E-state index is 13.2. The average molecular weight is 512 g/mol. The highest BCUT2D eigenvalue weighted by molar-refractivity contribution is 6.30. The number of Topliss-reactive ketones (excluding diaryl/α,β-unsaturated/α-hetero) is 1. The normalized spacial score (nSPS) is 12.8. The third-order valence-electron chi connectivity index (χ3n) is 5.90. The van der Waals surface area contributed by atoms with Gasteiger partial charge in [-0.1, -0.05) is 60.1 Å². The summed E-state index contributed by atoms with van der Waals surface area (Å²) in [6.07, 6.45) is -0.312. The van der Waals surface area contributed by atoms with Crippen LogP contribution in [-0.4, -0.2) is 69.0 Å². The van der Waals surface area contributed by atoms with E-state index in [1.165, 1.54) is 0 Å². The van der Waals surface area contributed by atoms with E-state index in [9.17, 15) is 9.90 Å². The van der Waals surface area contributed by atoms with Gasteiger partial charge < -0.3 is 24.2 Å². The second kappa shape index (κ2) is 14.0. The summed E-state index contributed by atoms with van der Waals surface area (Å²) in [6.45, 7) is 1.20. The number of benzene rings is 3. The minimum absolute atomic E-state index is 0.0461. The van der Waals surface area contributed by atoms with Crippen LogP contribution < -0.4 is 9.47 Å². The second-order valence-corrected chi connectivity index (χ2v) is 9.18. The number of hydrogen-bond acceptors (Lipinski definition) is 6. The van der Waals surface area contributed by atoms with Gasteiger partial charge >= 0.3 is 0 Å². The fraction of sp³-hybridized carbons (Fsp3) is 0.345. The largest absolute Gasteiger partial charge is 0.493 e. The Labute approximate surface area is 218 Å². The molecule has 3 aromatic rings. The molecule has 192 valence electrons. The Morgan fingerprint density at radius 1 is 0.944 bits per heavy atom. The molecular weight excluding hydrogens is 478 g/mol. The zero-order valence-corrected chi connectivity index (χ0v) is 21.8. The Morgan fingerprint density at radius 3 is 2.39 bits per heavy atom. The van der Waals surface area contributed by atoms with E-state index in [1.807, 2.05) is 66.5 Å². The number of rotatable bonds is 14. The minimum Gasteiger partial charge on any atom is -0.493 e. The lowest BCUT2D eigenvalue weighted by Gasteiger charge is -2.23.